The number of hydrogen-bond acceptors (Lipinski definition) is 4. The highest BCUT2D eigenvalue weighted by molar-refractivity contribution is 6.05. The number of halogens is 8. The van der Waals surface area contributed by atoms with Crippen LogP contribution in [0.3, 0.4) is 0 Å². The Labute approximate surface area is 218 Å². The number of carbonyl (C=O) groups excluding carboxylic acids is 2. The minimum atomic E-state index is -2.21. The normalized spacial score (nSPS) is 11.2. The van der Waals surface area contributed by atoms with Gasteiger partial charge in [0.05, 0.1) is 0 Å². The molecule has 0 heterocycles. The number of benzene rings is 5. The third-order valence-corrected chi connectivity index (χ3v) is 5.85. The van der Waals surface area contributed by atoms with E-state index in [-0.39, 0.29) is 34.4 Å². The first kappa shape index (κ1) is 26.6. The fourth-order valence-electron chi connectivity index (χ4n) is 3.93. The number of fused-ring (bicyclic) bond motifs is 2. The Kier molecular flexibility index (Phi) is 6.62. The van der Waals surface area contributed by atoms with Crippen LogP contribution in [0.5, 0.6) is 11.5 Å². The van der Waals surface area contributed by atoms with E-state index in [2.05, 4.69) is 0 Å². The molecule has 0 atom stereocenters. The van der Waals surface area contributed by atoms with Crippen LogP contribution in [0.4, 0.5) is 35.1 Å². The van der Waals surface area contributed by atoms with Crippen molar-refractivity contribution in [3.63, 3.8) is 0 Å². The molecule has 12 heteroatoms. The molecular formula is C28H10F8O4. The number of esters is 2. The Bertz CT molecular complexity index is 1750. The van der Waals surface area contributed by atoms with Crippen LogP contribution in [-0.4, -0.2) is 11.9 Å². The topological polar surface area (TPSA) is 52.6 Å². The molecule has 0 N–H and O–H groups in total. The third-order valence-electron chi connectivity index (χ3n) is 5.85. The average Bonchev–Trinajstić information content (AvgIpc) is 2.93. The van der Waals surface area contributed by atoms with E-state index in [9.17, 15) is 44.7 Å². The zero-order valence-electron chi connectivity index (χ0n) is 19.4. The summed E-state index contributed by atoms with van der Waals surface area (Å²) in [5.74, 6) is -19.8. The molecule has 0 spiro atoms. The minimum Gasteiger partial charge on any atom is -0.422 e. The number of hydrogen-bond donors (Lipinski definition) is 0. The van der Waals surface area contributed by atoms with Crippen LogP contribution in [-0.2, 0) is 0 Å². The van der Waals surface area contributed by atoms with Gasteiger partial charge in [0.1, 0.15) is 22.6 Å². The summed E-state index contributed by atoms with van der Waals surface area (Å²) < 4.78 is 119. The summed E-state index contributed by atoms with van der Waals surface area (Å²) in [5, 5.41) is 1.12. The maximum Gasteiger partial charge on any atom is 0.346 e. The van der Waals surface area contributed by atoms with E-state index in [1.165, 1.54) is 36.4 Å². The highest BCUT2D eigenvalue weighted by Crippen LogP contribution is 2.35. The lowest BCUT2D eigenvalue weighted by atomic mass is 10.0. The molecule has 0 aliphatic carbocycles. The van der Waals surface area contributed by atoms with Gasteiger partial charge in [-0.2, -0.15) is 0 Å². The molecule has 0 saturated heterocycles. The van der Waals surface area contributed by atoms with Gasteiger partial charge in [-0.15, -0.1) is 0 Å². The maximum absolute atomic E-state index is 14.1. The first-order chi connectivity index (χ1) is 19.0. The van der Waals surface area contributed by atoms with Gasteiger partial charge < -0.3 is 9.47 Å². The number of rotatable bonds is 4. The Hall–Kier alpha value is -5.00. The molecule has 0 saturated carbocycles. The van der Waals surface area contributed by atoms with Crippen molar-refractivity contribution in [1.29, 1.82) is 0 Å². The van der Waals surface area contributed by atoms with Crippen LogP contribution < -0.4 is 9.47 Å². The van der Waals surface area contributed by atoms with Crippen LogP contribution in [0.1, 0.15) is 20.7 Å². The monoisotopic (exact) mass is 562 g/mol. The lowest BCUT2D eigenvalue weighted by Gasteiger charge is -2.12. The Morgan fingerprint density at radius 2 is 0.875 bits per heavy atom. The second kappa shape index (κ2) is 9.95. The molecule has 0 fully saturated rings. The first-order valence-electron chi connectivity index (χ1n) is 11.0. The highest BCUT2D eigenvalue weighted by Gasteiger charge is 2.26. The van der Waals surface area contributed by atoms with Crippen molar-refractivity contribution in [3.8, 4) is 11.5 Å². The fourth-order valence-corrected chi connectivity index (χ4v) is 3.93. The average molecular weight is 562 g/mol. The maximum atomic E-state index is 14.1. The minimum absolute atomic E-state index is 0.133. The summed E-state index contributed by atoms with van der Waals surface area (Å²) in [6, 6.07) is 11.6. The zero-order chi connectivity index (χ0) is 28.9. The number of carbonyl (C=O) groups is 2. The first-order valence-corrected chi connectivity index (χ1v) is 11.0. The smallest absolute Gasteiger partial charge is 0.346 e. The van der Waals surface area contributed by atoms with E-state index in [1.54, 1.807) is 12.1 Å². The predicted molar refractivity (Wildman–Crippen MR) is 124 cm³/mol. The SMILES string of the molecule is O=C(Oc1cccc2cc3cccc(OC(=O)c4cc(F)c(F)c(F)c4F)c3cc12)c1cc(F)c(F)c(F)c1F. The second-order valence-corrected chi connectivity index (χ2v) is 8.28. The summed E-state index contributed by atoms with van der Waals surface area (Å²) in [5.41, 5.74) is -2.44. The van der Waals surface area contributed by atoms with Crippen molar-refractivity contribution in [3.05, 3.63) is 118 Å². The molecule has 0 aliphatic heterocycles. The van der Waals surface area contributed by atoms with Crippen molar-refractivity contribution in [2.45, 2.75) is 0 Å². The molecule has 4 nitrogen and oxygen atoms in total. The van der Waals surface area contributed by atoms with Gasteiger partial charge in [-0.05, 0) is 47.2 Å². The molecule has 202 valence electrons. The van der Waals surface area contributed by atoms with Gasteiger partial charge in [-0.1, -0.05) is 24.3 Å². The quantitative estimate of drug-likeness (QED) is 0.0567. The molecule has 0 unspecified atom stereocenters. The van der Waals surface area contributed by atoms with Gasteiger partial charge in [0.2, 0.25) is 0 Å². The summed E-state index contributed by atoms with van der Waals surface area (Å²) >= 11 is 0. The molecule has 0 aromatic heterocycles. The van der Waals surface area contributed by atoms with Crippen LogP contribution in [0, 0.1) is 46.5 Å². The van der Waals surface area contributed by atoms with E-state index in [0.717, 1.165) is 0 Å². The van der Waals surface area contributed by atoms with Gasteiger partial charge in [-0.25, -0.2) is 44.7 Å². The lowest BCUT2D eigenvalue weighted by Crippen LogP contribution is -2.14. The van der Waals surface area contributed by atoms with E-state index < -0.39 is 69.6 Å². The van der Waals surface area contributed by atoms with Crippen molar-refractivity contribution >= 4 is 33.5 Å². The van der Waals surface area contributed by atoms with Gasteiger partial charge in [0, 0.05) is 10.8 Å². The van der Waals surface area contributed by atoms with E-state index >= 15 is 0 Å². The van der Waals surface area contributed by atoms with Crippen molar-refractivity contribution in [2.75, 3.05) is 0 Å². The van der Waals surface area contributed by atoms with Crippen molar-refractivity contribution in [2.24, 2.45) is 0 Å². The summed E-state index contributed by atoms with van der Waals surface area (Å²) in [6.07, 6.45) is 0. The second-order valence-electron chi connectivity index (χ2n) is 8.28. The Morgan fingerprint density at radius 3 is 1.27 bits per heavy atom. The number of ether oxygens (including phenoxy) is 2. The molecule has 0 amide bonds. The Balaban J connectivity index is 1.56. The summed E-state index contributed by atoms with van der Waals surface area (Å²) in [4.78, 5) is 25.1. The van der Waals surface area contributed by atoms with Gasteiger partial charge >= 0.3 is 11.9 Å². The lowest BCUT2D eigenvalue weighted by molar-refractivity contribution is 0.0720. The van der Waals surface area contributed by atoms with Crippen molar-refractivity contribution < 1.29 is 54.2 Å². The Morgan fingerprint density at radius 1 is 0.475 bits per heavy atom. The largest absolute Gasteiger partial charge is 0.422 e. The van der Waals surface area contributed by atoms with Crippen LogP contribution in [0.25, 0.3) is 21.5 Å². The molecule has 5 rings (SSSR count). The van der Waals surface area contributed by atoms with E-state index in [0.29, 0.717) is 10.8 Å². The predicted octanol–water partition coefficient (Wildman–Crippen LogP) is 7.54. The van der Waals surface area contributed by atoms with Crippen LogP contribution >= 0.6 is 0 Å². The molecule has 0 radical (unpaired) electrons. The van der Waals surface area contributed by atoms with E-state index in [1.807, 2.05) is 0 Å². The van der Waals surface area contributed by atoms with Gasteiger partial charge in [0.15, 0.2) is 46.5 Å². The van der Waals surface area contributed by atoms with Gasteiger partial charge in [-0.3, -0.25) is 0 Å². The summed E-state index contributed by atoms with van der Waals surface area (Å²) in [6.45, 7) is 0. The molecule has 5 aromatic rings. The molecule has 0 bridgehead atoms. The van der Waals surface area contributed by atoms with Crippen molar-refractivity contribution in [1.82, 2.24) is 0 Å². The zero-order valence-corrected chi connectivity index (χ0v) is 19.4. The highest BCUT2D eigenvalue weighted by atomic mass is 19.2. The van der Waals surface area contributed by atoms with Crippen LogP contribution in [0.2, 0.25) is 0 Å². The van der Waals surface area contributed by atoms with Gasteiger partial charge in [0.25, 0.3) is 0 Å². The molecule has 40 heavy (non-hydrogen) atoms. The standard InChI is InChI=1S/C28H10F8O4/c29-17-9-15(21(31)25(35)23(17)33)27(37)39-19-5-1-3-11-7-12-4-2-6-20(14(12)8-13(11)19)40-28(38)16-10-18(30)24(34)26(36)22(16)32/h1-10H. The van der Waals surface area contributed by atoms with Crippen LogP contribution in [0.15, 0.2) is 60.7 Å². The summed E-state index contributed by atoms with van der Waals surface area (Å²) in [7, 11) is 0. The third kappa shape index (κ3) is 4.46. The fraction of sp³-hybridized carbons (Fsp3) is 0. The molecule has 0 aliphatic rings. The molecule has 5 aromatic carbocycles. The molecular weight excluding hydrogens is 552 g/mol. The van der Waals surface area contributed by atoms with E-state index in [4.69, 9.17) is 9.47 Å².